The van der Waals surface area contributed by atoms with Gasteiger partial charge in [0.1, 0.15) is 0 Å². The second-order valence-corrected chi connectivity index (χ2v) is 6.39. The van der Waals surface area contributed by atoms with Crippen LogP contribution in [0.3, 0.4) is 0 Å². The summed E-state index contributed by atoms with van der Waals surface area (Å²) in [5.41, 5.74) is -0.225. The lowest BCUT2D eigenvalue weighted by molar-refractivity contribution is -0.141. The number of anilines is 1. The first-order chi connectivity index (χ1) is 12.8. The van der Waals surface area contributed by atoms with Crippen LogP contribution in [-0.4, -0.2) is 22.4 Å². The number of hydrogen-bond donors (Lipinski definition) is 2. The Morgan fingerprint density at radius 1 is 1.15 bits per heavy atom. The van der Waals surface area contributed by atoms with Gasteiger partial charge in [0, 0.05) is 24.7 Å². The summed E-state index contributed by atoms with van der Waals surface area (Å²) >= 11 is 0. The highest BCUT2D eigenvalue weighted by Gasteiger charge is 2.33. The minimum absolute atomic E-state index is 0.0933. The lowest BCUT2D eigenvalue weighted by atomic mass is 10.1. The summed E-state index contributed by atoms with van der Waals surface area (Å²) in [6.07, 6.45) is -3.17. The number of nitrogens with one attached hydrogen (secondary N) is 2. The standard InChI is InChI=1S/C19H19F3N4O/c1-13(12-26-10-9-17(25-26)19(20,21)22)11-23-18(27)24-16-8-4-6-14-5-2-3-7-15(14)16/h2-10,13H,11-12H2,1H3,(H2,23,24,27)/t13-/m1/s1. The monoisotopic (exact) mass is 376 g/mol. The Morgan fingerprint density at radius 3 is 2.63 bits per heavy atom. The van der Waals surface area contributed by atoms with E-state index in [0.717, 1.165) is 16.8 Å². The summed E-state index contributed by atoms with van der Waals surface area (Å²) in [7, 11) is 0. The first-order valence-corrected chi connectivity index (χ1v) is 8.46. The number of aromatic nitrogens is 2. The Labute approximate surface area is 154 Å². The fraction of sp³-hybridized carbons (Fsp3) is 0.263. The molecule has 0 saturated carbocycles. The molecule has 0 unspecified atom stereocenters. The number of nitrogens with zero attached hydrogens (tertiary/aromatic N) is 2. The number of hydrogen-bond acceptors (Lipinski definition) is 2. The normalized spacial score (nSPS) is 12.7. The zero-order valence-electron chi connectivity index (χ0n) is 14.6. The van der Waals surface area contributed by atoms with Gasteiger partial charge in [-0.3, -0.25) is 4.68 Å². The summed E-state index contributed by atoms with van der Waals surface area (Å²) in [5, 5.41) is 11.0. The highest BCUT2D eigenvalue weighted by molar-refractivity contribution is 6.01. The molecular formula is C19H19F3N4O. The molecule has 0 bridgehead atoms. The molecule has 2 aromatic carbocycles. The third-order valence-electron chi connectivity index (χ3n) is 4.08. The second-order valence-electron chi connectivity index (χ2n) is 6.39. The van der Waals surface area contributed by atoms with Crippen molar-refractivity contribution in [1.82, 2.24) is 15.1 Å². The van der Waals surface area contributed by atoms with Crippen LogP contribution >= 0.6 is 0 Å². The molecule has 3 aromatic rings. The first-order valence-electron chi connectivity index (χ1n) is 8.46. The summed E-state index contributed by atoms with van der Waals surface area (Å²) < 4.78 is 38.9. The van der Waals surface area contributed by atoms with E-state index in [-0.39, 0.29) is 18.5 Å². The zero-order chi connectivity index (χ0) is 19.4. The molecule has 2 amide bonds. The van der Waals surface area contributed by atoms with Crippen molar-refractivity contribution in [2.75, 3.05) is 11.9 Å². The molecule has 5 nitrogen and oxygen atoms in total. The highest BCUT2D eigenvalue weighted by atomic mass is 19.4. The van der Waals surface area contributed by atoms with Crippen molar-refractivity contribution in [3.05, 3.63) is 60.4 Å². The lowest BCUT2D eigenvalue weighted by Gasteiger charge is -2.14. The smallest absolute Gasteiger partial charge is 0.338 e. The van der Waals surface area contributed by atoms with Crippen molar-refractivity contribution in [2.24, 2.45) is 5.92 Å². The molecule has 2 N–H and O–H groups in total. The van der Waals surface area contributed by atoms with E-state index < -0.39 is 11.9 Å². The molecule has 142 valence electrons. The third kappa shape index (κ3) is 4.78. The largest absolute Gasteiger partial charge is 0.435 e. The fourth-order valence-corrected chi connectivity index (χ4v) is 2.77. The summed E-state index contributed by atoms with van der Waals surface area (Å²) in [6.45, 7) is 2.40. The predicted octanol–water partition coefficient (Wildman–Crippen LogP) is 4.51. The minimum atomic E-state index is -4.45. The number of rotatable bonds is 5. The minimum Gasteiger partial charge on any atom is -0.338 e. The topological polar surface area (TPSA) is 59.0 Å². The average Bonchev–Trinajstić information content (AvgIpc) is 3.09. The molecule has 1 atom stereocenters. The van der Waals surface area contributed by atoms with Crippen LogP contribution in [0.15, 0.2) is 54.7 Å². The van der Waals surface area contributed by atoms with Gasteiger partial charge in [-0.05, 0) is 23.4 Å². The number of alkyl halides is 3. The molecule has 1 aromatic heterocycles. The van der Waals surface area contributed by atoms with Crippen LogP contribution in [0.5, 0.6) is 0 Å². The van der Waals surface area contributed by atoms with Gasteiger partial charge in [0.05, 0.1) is 5.69 Å². The Bertz CT molecular complexity index is 931. The molecule has 0 saturated heterocycles. The summed E-state index contributed by atoms with van der Waals surface area (Å²) in [4.78, 5) is 12.2. The Kier molecular flexibility index (Phi) is 5.34. The van der Waals surface area contributed by atoms with Gasteiger partial charge in [0.2, 0.25) is 0 Å². The van der Waals surface area contributed by atoms with Gasteiger partial charge < -0.3 is 10.6 Å². The second kappa shape index (κ2) is 7.69. The maximum absolute atomic E-state index is 12.6. The van der Waals surface area contributed by atoms with Crippen molar-refractivity contribution in [1.29, 1.82) is 0 Å². The highest BCUT2D eigenvalue weighted by Crippen LogP contribution is 2.27. The maximum atomic E-state index is 12.6. The van der Waals surface area contributed by atoms with Crippen molar-refractivity contribution in [3.8, 4) is 0 Å². The number of halogens is 3. The Morgan fingerprint density at radius 2 is 1.89 bits per heavy atom. The number of fused-ring (bicyclic) bond motifs is 1. The van der Waals surface area contributed by atoms with Gasteiger partial charge in [0.15, 0.2) is 5.69 Å². The molecule has 1 heterocycles. The van der Waals surface area contributed by atoms with Crippen LogP contribution in [-0.2, 0) is 12.7 Å². The van der Waals surface area contributed by atoms with E-state index in [1.165, 1.54) is 10.9 Å². The van der Waals surface area contributed by atoms with Crippen molar-refractivity contribution >= 4 is 22.5 Å². The van der Waals surface area contributed by atoms with Crippen molar-refractivity contribution in [3.63, 3.8) is 0 Å². The third-order valence-corrected chi connectivity index (χ3v) is 4.08. The number of amides is 2. The van der Waals surface area contributed by atoms with Crippen LogP contribution < -0.4 is 10.6 Å². The zero-order valence-corrected chi connectivity index (χ0v) is 14.6. The fourth-order valence-electron chi connectivity index (χ4n) is 2.77. The van der Waals surface area contributed by atoms with E-state index in [2.05, 4.69) is 15.7 Å². The molecule has 3 rings (SSSR count). The number of benzene rings is 2. The number of urea groups is 1. The van der Waals surface area contributed by atoms with Crippen molar-refractivity contribution in [2.45, 2.75) is 19.6 Å². The Balaban J connectivity index is 1.53. The molecule has 0 aliphatic heterocycles. The van der Waals surface area contributed by atoms with E-state index in [1.54, 1.807) is 0 Å². The van der Waals surface area contributed by atoms with Crippen LogP contribution in [0.2, 0.25) is 0 Å². The van der Waals surface area contributed by atoms with Gasteiger partial charge in [-0.25, -0.2) is 4.79 Å². The van der Waals surface area contributed by atoms with E-state index in [0.29, 0.717) is 12.2 Å². The SMILES string of the molecule is C[C@H](CNC(=O)Nc1cccc2ccccc12)Cn1ccc(C(F)(F)F)n1. The van der Waals surface area contributed by atoms with E-state index in [4.69, 9.17) is 0 Å². The number of carbonyl (C=O) groups is 1. The van der Waals surface area contributed by atoms with Crippen LogP contribution in [0.1, 0.15) is 12.6 Å². The van der Waals surface area contributed by atoms with Crippen LogP contribution in [0.25, 0.3) is 10.8 Å². The molecule has 0 aliphatic rings. The number of carbonyl (C=O) groups excluding carboxylic acids is 1. The average molecular weight is 376 g/mol. The molecule has 0 fully saturated rings. The van der Waals surface area contributed by atoms with Crippen LogP contribution in [0, 0.1) is 5.92 Å². The van der Waals surface area contributed by atoms with E-state index in [1.807, 2.05) is 49.4 Å². The van der Waals surface area contributed by atoms with Gasteiger partial charge in [-0.15, -0.1) is 0 Å². The quantitative estimate of drug-likeness (QED) is 0.688. The first kappa shape index (κ1) is 18.8. The van der Waals surface area contributed by atoms with E-state index in [9.17, 15) is 18.0 Å². The lowest BCUT2D eigenvalue weighted by Crippen LogP contribution is -2.33. The van der Waals surface area contributed by atoms with Gasteiger partial charge >= 0.3 is 12.2 Å². The molecule has 0 spiro atoms. The molecule has 8 heteroatoms. The summed E-state index contributed by atoms with van der Waals surface area (Å²) in [6, 6.07) is 13.9. The van der Waals surface area contributed by atoms with Crippen molar-refractivity contribution < 1.29 is 18.0 Å². The van der Waals surface area contributed by atoms with E-state index >= 15 is 0 Å². The molecule has 0 radical (unpaired) electrons. The molecule has 0 aliphatic carbocycles. The van der Waals surface area contributed by atoms with Gasteiger partial charge in [-0.1, -0.05) is 43.3 Å². The predicted molar refractivity (Wildman–Crippen MR) is 97.4 cm³/mol. The van der Waals surface area contributed by atoms with Crippen LogP contribution in [0.4, 0.5) is 23.7 Å². The molecule has 27 heavy (non-hydrogen) atoms. The maximum Gasteiger partial charge on any atom is 0.435 e. The summed E-state index contributed by atoms with van der Waals surface area (Å²) in [5.74, 6) is -0.0933. The molecular weight excluding hydrogens is 357 g/mol. The Hall–Kier alpha value is -3.03. The van der Waals surface area contributed by atoms with Gasteiger partial charge in [0.25, 0.3) is 0 Å². The van der Waals surface area contributed by atoms with Gasteiger partial charge in [-0.2, -0.15) is 18.3 Å².